The second kappa shape index (κ2) is 7.34. The van der Waals surface area contributed by atoms with Crippen LogP contribution in [-0.4, -0.2) is 11.0 Å². The van der Waals surface area contributed by atoms with Crippen LogP contribution in [0.4, 0.5) is 11.4 Å². The Balaban J connectivity index is 2.08. The van der Waals surface area contributed by atoms with Gasteiger partial charge in [-0.05, 0) is 48.9 Å². The fraction of sp³-hybridized carbons (Fsp3) is 0.0588. The van der Waals surface area contributed by atoms with Crippen LogP contribution in [0.25, 0.3) is 0 Å². The highest BCUT2D eigenvalue weighted by Gasteiger charge is 2.10. The lowest BCUT2D eigenvalue weighted by Crippen LogP contribution is -2.14. The van der Waals surface area contributed by atoms with Crippen molar-refractivity contribution in [3.8, 4) is 11.8 Å². The number of benzene rings is 2. The molecular weight excluding hydrogens is 314 g/mol. The molecule has 0 fully saturated rings. The van der Waals surface area contributed by atoms with Crippen LogP contribution in [0.1, 0.15) is 5.56 Å². The lowest BCUT2D eigenvalue weighted by molar-refractivity contribution is -0.112. The third kappa shape index (κ3) is 4.50. The number of hydrogen-bond acceptors (Lipinski definition) is 4. The highest BCUT2D eigenvalue weighted by atomic mass is 35.5. The first-order valence-corrected chi connectivity index (χ1v) is 7.11. The van der Waals surface area contributed by atoms with E-state index in [0.717, 1.165) is 5.56 Å². The molecule has 0 atom stereocenters. The molecule has 0 heterocycles. The quantitative estimate of drug-likeness (QED) is 0.453. The van der Waals surface area contributed by atoms with Crippen molar-refractivity contribution in [2.45, 2.75) is 6.92 Å². The van der Waals surface area contributed by atoms with Gasteiger partial charge in [-0.2, -0.15) is 5.26 Å². The zero-order valence-corrected chi connectivity index (χ0v) is 13.1. The van der Waals surface area contributed by atoms with Gasteiger partial charge in [0.2, 0.25) is 0 Å². The second-order valence-corrected chi connectivity index (χ2v) is 5.19. The van der Waals surface area contributed by atoms with Crippen LogP contribution in [0.2, 0.25) is 5.02 Å². The van der Waals surface area contributed by atoms with Gasteiger partial charge in [0.25, 0.3) is 5.91 Å². The van der Waals surface area contributed by atoms with Crippen molar-refractivity contribution < 1.29 is 9.90 Å². The summed E-state index contributed by atoms with van der Waals surface area (Å²) in [4.78, 5) is 12.1. The van der Waals surface area contributed by atoms with Gasteiger partial charge in [-0.1, -0.05) is 17.7 Å². The van der Waals surface area contributed by atoms with Gasteiger partial charge in [0.05, 0.1) is 0 Å². The summed E-state index contributed by atoms with van der Waals surface area (Å²) in [7, 11) is 0. The van der Waals surface area contributed by atoms with Crippen LogP contribution in [0.5, 0.6) is 5.75 Å². The van der Waals surface area contributed by atoms with E-state index in [0.29, 0.717) is 16.4 Å². The van der Waals surface area contributed by atoms with Gasteiger partial charge in [-0.3, -0.25) is 4.79 Å². The van der Waals surface area contributed by atoms with E-state index in [4.69, 9.17) is 16.9 Å². The van der Waals surface area contributed by atoms with Crippen molar-refractivity contribution in [1.82, 2.24) is 0 Å². The molecule has 0 spiro atoms. The Labute approximate surface area is 138 Å². The number of phenolic OH excluding ortho intramolecular Hbond substituents is 1. The van der Waals surface area contributed by atoms with Gasteiger partial charge in [0.1, 0.15) is 17.4 Å². The zero-order valence-electron chi connectivity index (χ0n) is 12.3. The van der Waals surface area contributed by atoms with Gasteiger partial charge in [-0.15, -0.1) is 0 Å². The molecule has 1 amide bonds. The number of nitrogens with zero attached hydrogens (tertiary/aromatic N) is 1. The standard InChI is InChI=1S/C17H14ClN3O2/c1-11-2-3-14(8-16(11)18)21-17(23)12(9-19)10-20-13-4-6-15(22)7-5-13/h2-8,10,20,22H,1H3,(H,21,23)/b12-10-. The Morgan fingerprint density at radius 3 is 2.48 bits per heavy atom. The lowest BCUT2D eigenvalue weighted by atomic mass is 10.2. The normalized spacial score (nSPS) is 10.7. The maximum Gasteiger partial charge on any atom is 0.267 e. The second-order valence-electron chi connectivity index (χ2n) is 4.78. The Morgan fingerprint density at radius 1 is 1.22 bits per heavy atom. The topological polar surface area (TPSA) is 85.2 Å². The van der Waals surface area contributed by atoms with E-state index < -0.39 is 5.91 Å². The molecule has 2 rings (SSSR count). The largest absolute Gasteiger partial charge is 0.508 e. The van der Waals surface area contributed by atoms with E-state index >= 15 is 0 Å². The lowest BCUT2D eigenvalue weighted by Gasteiger charge is -2.07. The molecule has 116 valence electrons. The van der Waals surface area contributed by atoms with Gasteiger partial charge >= 0.3 is 0 Å². The van der Waals surface area contributed by atoms with E-state index in [2.05, 4.69) is 10.6 Å². The maximum atomic E-state index is 12.1. The van der Waals surface area contributed by atoms with Gasteiger partial charge in [0, 0.05) is 22.6 Å². The molecule has 0 saturated heterocycles. The summed E-state index contributed by atoms with van der Waals surface area (Å²) in [6.45, 7) is 1.86. The van der Waals surface area contributed by atoms with Crippen molar-refractivity contribution in [3.05, 3.63) is 64.8 Å². The minimum atomic E-state index is -0.543. The van der Waals surface area contributed by atoms with Crippen LogP contribution in [0.15, 0.2) is 54.2 Å². The van der Waals surface area contributed by atoms with Crippen LogP contribution in [0, 0.1) is 18.3 Å². The summed E-state index contributed by atoms with van der Waals surface area (Å²) in [5, 5.41) is 24.3. The molecule has 5 nitrogen and oxygen atoms in total. The molecule has 0 bridgehead atoms. The first kappa shape index (κ1) is 16.4. The maximum absolute atomic E-state index is 12.1. The summed E-state index contributed by atoms with van der Waals surface area (Å²) in [6, 6.07) is 13.2. The van der Waals surface area contributed by atoms with Crippen LogP contribution < -0.4 is 10.6 Å². The van der Waals surface area contributed by atoms with Crippen molar-refractivity contribution in [2.75, 3.05) is 10.6 Å². The highest BCUT2D eigenvalue weighted by Crippen LogP contribution is 2.20. The van der Waals surface area contributed by atoms with Crippen molar-refractivity contribution in [1.29, 1.82) is 5.26 Å². The Kier molecular flexibility index (Phi) is 5.23. The fourth-order valence-corrected chi connectivity index (χ4v) is 1.91. The molecule has 0 aliphatic rings. The molecule has 0 radical (unpaired) electrons. The number of amides is 1. The molecule has 0 saturated carbocycles. The molecule has 0 unspecified atom stereocenters. The average Bonchev–Trinajstić information content (AvgIpc) is 2.53. The van der Waals surface area contributed by atoms with Gasteiger partial charge in [0.15, 0.2) is 0 Å². The number of nitriles is 1. The number of phenols is 1. The number of carbonyl (C=O) groups is 1. The number of anilines is 2. The Bertz CT molecular complexity index is 792. The predicted molar refractivity (Wildman–Crippen MR) is 90.2 cm³/mol. The number of hydrogen-bond donors (Lipinski definition) is 3. The predicted octanol–water partition coefficient (Wildman–Crippen LogP) is 3.81. The number of rotatable bonds is 4. The third-order valence-corrected chi connectivity index (χ3v) is 3.45. The van der Waals surface area contributed by atoms with Crippen LogP contribution in [0.3, 0.4) is 0 Å². The first-order chi connectivity index (χ1) is 11.0. The average molecular weight is 328 g/mol. The summed E-state index contributed by atoms with van der Waals surface area (Å²) in [6.07, 6.45) is 1.30. The smallest absolute Gasteiger partial charge is 0.267 e. The highest BCUT2D eigenvalue weighted by molar-refractivity contribution is 6.31. The van der Waals surface area contributed by atoms with Gasteiger partial charge < -0.3 is 15.7 Å². The monoisotopic (exact) mass is 327 g/mol. The Hall–Kier alpha value is -2.97. The first-order valence-electron chi connectivity index (χ1n) is 6.73. The SMILES string of the molecule is Cc1ccc(NC(=O)/C(C#N)=C\Nc2ccc(O)cc2)cc1Cl. The summed E-state index contributed by atoms with van der Waals surface area (Å²) >= 11 is 6.00. The zero-order chi connectivity index (χ0) is 16.8. The van der Waals surface area contributed by atoms with Crippen LogP contribution >= 0.6 is 11.6 Å². The minimum Gasteiger partial charge on any atom is -0.508 e. The molecule has 6 heteroatoms. The summed E-state index contributed by atoms with van der Waals surface area (Å²) < 4.78 is 0. The molecule has 2 aromatic carbocycles. The molecule has 23 heavy (non-hydrogen) atoms. The molecular formula is C17H14ClN3O2. The van der Waals surface area contributed by atoms with Gasteiger partial charge in [-0.25, -0.2) is 0 Å². The Morgan fingerprint density at radius 2 is 1.87 bits per heavy atom. The van der Waals surface area contributed by atoms with E-state index in [9.17, 15) is 9.90 Å². The van der Waals surface area contributed by atoms with E-state index in [1.165, 1.54) is 18.3 Å². The number of nitrogens with one attached hydrogen (secondary N) is 2. The van der Waals surface area contributed by atoms with E-state index in [-0.39, 0.29) is 11.3 Å². The summed E-state index contributed by atoms with van der Waals surface area (Å²) in [5.74, 6) is -0.410. The van der Waals surface area contributed by atoms with E-state index in [1.807, 2.05) is 13.0 Å². The van der Waals surface area contributed by atoms with Crippen molar-refractivity contribution in [2.24, 2.45) is 0 Å². The molecule has 0 aliphatic carbocycles. The van der Waals surface area contributed by atoms with Crippen LogP contribution in [-0.2, 0) is 4.79 Å². The molecule has 0 aromatic heterocycles. The number of aromatic hydroxyl groups is 1. The molecule has 2 aromatic rings. The van der Waals surface area contributed by atoms with Crippen molar-refractivity contribution in [3.63, 3.8) is 0 Å². The number of carbonyl (C=O) groups excluding carboxylic acids is 1. The molecule has 3 N–H and O–H groups in total. The minimum absolute atomic E-state index is 0.0882. The fourth-order valence-electron chi connectivity index (χ4n) is 1.73. The van der Waals surface area contributed by atoms with Crippen molar-refractivity contribution >= 4 is 28.9 Å². The number of halogens is 1. The third-order valence-electron chi connectivity index (χ3n) is 3.05. The molecule has 0 aliphatic heterocycles. The summed E-state index contributed by atoms with van der Waals surface area (Å²) in [5.41, 5.74) is 1.96. The van der Waals surface area contributed by atoms with E-state index in [1.54, 1.807) is 30.3 Å². The number of aryl methyl sites for hydroxylation is 1.